The molecule has 0 saturated heterocycles. The number of hydrogen-bond acceptors (Lipinski definition) is 0. The molecule has 0 unspecified atom stereocenters. The van der Waals surface area contributed by atoms with E-state index in [4.69, 9.17) is 0 Å². The highest BCUT2D eigenvalue weighted by atomic mass is 14.3. The third kappa shape index (κ3) is 8.03. The van der Waals surface area contributed by atoms with Gasteiger partial charge in [0.2, 0.25) is 0 Å². The third-order valence-electron chi connectivity index (χ3n) is 10.5. The predicted octanol–water partition coefficient (Wildman–Crippen LogP) is 15.2. The van der Waals surface area contributed by atoms with Crippen molar-refractivity contribution in [3.05, 3.63) is 156 Å². The van der Waals surface area contributed by atoms with Crippen molar-refractivity contribution in [3.63, 3.8) is 0 Å². The standard InChI is InChI=1S/C52H58/c1-49(2,3)44-30-42(31-45(34-44)50(4,5)6)39-22-24-40(25-23-39)43-32-46(51(7,8)9)48(47(33-43)52(10,11)12)41-28-26-38(27-29-41)37-20-18-36(19-21-37)35-16-14-13-15-17-35/h13-34H,1-12H3. The molecule has 0 amide bonds. The average molecular weight is 683 g/mol. The van der Waals surface area contributed by atoms with Crippen LogP contribution in [0.3, 0.4) is 0 Å². The topological polar surface area (TPSA) is 0 Å². The quantitative estimate of drug-likeness (QED) is 0.170. The van der Waals surface area contributed by atoms with Crippen LogP contribution < -0.4 is 0 Å². The van der Waals surface area contributed by atoms with Gasteiger partial charge in [-0.25, -0.2) is 0 Å². The van der Waals surface area contributed by atoms with Crippen molar-refractivity contribution >= 4 is 0 Å². The molecule has 0 spiro atoms. The maximum Gasteiger partial charge on any atom is -0.0109 e. The molecule has 52 heavy (non-hydrogen) atoms. The zero-order valence-electron chi connectivity index (χ0n) is 33.7. The molecular formula is C52H58. The lowest BCUT2D eigenvalue weighted by Crippen LogP contribution is -2.19. The Bertz CT molecular complexity index is 2080. The summed E-state index contributed by atoms with van der Waals surface area (Å²) in [7, 11) is 0. The molecule has 6 aromatic carbocycles. The fourth-order valence-corrected chi connectivity index (χ4v) is 7.13. The smallest absolute Gasteiger partial charge is 0.0109 e. The highest BCUT2D eigenvalue weighted by molar-refractivity contribution is 5.82. The van der Waals surface area contributed by atoms with Gasteiger partial charge in [-0.3, -0.25) is 0 Å². The van der Waals surface area contributed by atoms with Gasteiger partial charge in [-0.15, -0.1) is 0 Å². The fraction of sp³-hybridized carbons (Fsp3) is 0.308. The van der Waals surface area contributed by atoms with Gasteiger partial charge in [0.05, 0.1) is 0 Å². The van der Waals surface area contributed by atoms with E-state index in [0.717, 1.165) is 0 Å². The van der Waals surface area contributed by atoms with Gasteiger partial charge in [0.15, 0.2) is 0 Å². The van der Waals surface area contributed by atoms with Gasteiger partial charge in [-0.2, -0.15) is 0 Å². The lowest BCUT2D eigenvalue weighted by atomic mass is 9.73. The van der Waals surface area contributed by atoms with Crippen molar-refractivity contribution in [3.8, 4) is 55.6 Å². The first kappa shape index (κ1) is 37.1. The highest BCUT2D eigenvalue weighted by Gasteiger charge is 2.28. The first-order valence-corrected chi connectivity index (χ1v) is 19.0. The first-order valence-electron chi connectivity index (χ1n) is 19.0. The van der Waals surface area contributed by atoms with Gasteiger partial charge in [-0.05, 0) is 112 Å². The van der Waals surface area contributed by atoms with Crippen LogP contribution in [0.1, 0.15) is 105 Å². The minimum absolute atomic E-state index is 0.0476. The maximum absolute atomic E-state index is 2.45. The van der Waals surface area contributed by atoms with Gasteiger partial charge >= 0.3 is 0 Å². The lowest BCUT2D eigenvalue weighted by Gasteiger charge is -2.31. The van der Waals surface area contributed by atoms with Crippen molar-refractivity contribution in [1.82, 2.24) is 0 Å². The summed E-state index contributed by atoms with van der Waals surface area (Å²) in [5, 5.41) is 0. The average Bonchev–Trinajstić information content (AvgIpc) is 3.10. The van der Waals surface area contributed by atoms with Crippen LogP contribution in [0.4, 0.5) is 0 Å². The summed E-state index contributed by atoms with van der Waals surface area (Å²) >= 11 is 0. The van der Waals surface area contributed by atoms with Crippen LogP contribution in [-0.4, -0.2) is 0 Å². The minimum atomic E-state index is -0.0476. The molecule has 266 valence electrons. The van der Waals surface area contributed by atoms with Crippen LogP contribution in [0.2, 0.25) is 0 Å². The van der Waals surface area contributed by atoms with E-state index in [1.807, 2.05) is 0 Å². The highest BCUT2D eigenvalue weighted by Crippen LogP contribution is 2.44. The molecule has 0 saturated carbocycles. The molecule has 0 fully saturated rings. The molecule has 6 aromatic rings. The van der Waals surface area contributed by atoms with Gasteiger partial charge < -0.3 is 0 Å². The maximum atomic E-state index is 2.45. The Morgan fingerprint density at radius 3 is 0.865 bits per heavy atom. The molecule has 0 radical (unpaired) electrons. The summed E-state index contributed by atoms with van der Waals surface area (Å²) in [5.74, 6) is 0. The van der Waals surface area contributed by atoms with Crippen molar-refractivity contribution < 1.29 is 0 Å². The first-order chi connectivity index (χ1) is 24.3. The van der Waals surface area contributed by atoms with Crippen LogP contribution in [0, 0.1) is 0 Å². The van der Waals surface area contributed by atoms with Crippen molar-refractivity contribution in [2.24, 2.45) is 0 Å². The summed E-state index contributed by atoms with van der Waals surface area (Å²) < 4.78 is 0. The van der Waals surface area contributed by atoms with Crippen LogP contribution in [0.5, 0.6) is 0 Å². The Kier molecular flexibility index (Phi) is 9.77. The molecule has 0 bridgehead atoms. The van der Waals surface area contributed by atoms with E-state index in [1.54, 1.807) is 0 Å². The summed E-state index contributed by atoms with van der Waals surface area (Å²) in [4.78, 5) is 0. The Hall–Kier alpha value is -4.68. The van der Waals surface area contributed by atoms with Gasteiger partial charge in [-0.1, -0.05) is 204 Å². The SMILES string of the molecule is CC(C)(C)c1cc(-c2ccc(-c3cc(C(C)(C)C)c(-c4ccc(-c5ccc(-c6ccccc6)cc5)cc4)c(C(C)(C)C)c3)cc2)cc(C(C)(C)C)c1. The van der Waals surface area contributed by atoms with Crippen LogP contribution in [-0.2, 0) is 21.7 Å². The van der Waals surface area contributed by atoms with Crippen molar-refractivity contribution in [1.29, 1.82) is 0 Å². The fourth-order valence-electron chi connectivity index (χ4n) is 7.13. The molecule has 0 atom stereocenters. The van der Waals surface area contributed by atoms with Crippen molar-refractivity contribution in [2.75, 3.05) is 0 Å². The monoisotopic (exact) mass is 682 g/mol. The molecule has 0 heterocycles. The zero-order valence-corrected chi connectivity index (χ0v) is 33.7. The van der Waals surface area contributed by atoms with Gasteiger partial charge in [0.25, 0.3) is 0 Å². The minimum Gasteiger partial charge on any atom is -0.0622 e. The van der Waals surface area contributed by atoms with E-state index in [0.29, 0.717) is 0 Å². The normalized spacial score (nSPS) is 12.6. The Labute approximate surface area is 315 Å². The molecule has 0 aromatic heterocycles. The Balaban J connectivity index is 1.39. The summed E-state index contributed by atoms with van der Waals surface area (Å²) in [6, 6.07) is 50.1. The Morgan fingerprint density at radius 2 is 0.538 bits per heavy atom. The molecule has 0 aliphatic carbocycles. The second-order valence-corrected chi connectivity index (χ2v) is 18.8. The molecule has 6 rings (SSSR count). The molecule has 0 aliphatic heterocycles. The number of benzene rings is 6. The predicted molar refractivity (Wildman–Crippen MR) is 228 cm³/mol. The number of rotatable bonds is 5. The molecule has 0 heteroatoms. The summed E-state index contributed by atoms with van der Waals surface area (Å²) in [6.45, 7) is 28.0. The van der Waals surface area contributed by atoms with Crippen molar-refractivity contribution in [2.45, 2.75) is 105 Å². The van der Waals surface area contributed by atoms with Crippen LogP contribution in [0.25, 0.3) is 55.6 Å². The van der Waals surface area contributed by atoms with Crippen LogP contribution >= 0.6 is 0 Å². The summed E-state index contributed by atoms with van der Waals surface area (Å²) in [5.41, 5.74) is 18.3. The van der Waals surface area contributed by atoms with E-state index in [1.165, 1.54) is 77.9 Å². The molecular weight excluding hydrogens is 625 g/mol. The second kappa shape index (κ2) is 13.7. The molecule has 0 nitrogen and oxygen atoms in total. The third-order valence-corrected chi connectivity index (χ3v) is 10.5. The van der Waals surface area contributed by atoms with E-state index in [-0.39, 0.29) is 21.7 Å². The van der Waals surface area contributed by atoms with E-state index >= 15 is 0 Å². The molecule has 0 N–H and O–H groups in total. The van der Waals surface area contributed by atoms with Gasteiger partial charge in [0, 0.05) is 0 Å². The van der Waals surface area contributed by atoms with E-state index in [2.05, 4.69) is 217 Å². The summed E-state index contributed by atoms with van der Waals surface area (Å²) in [6.07, 6.45) is 0. The largest absolute Gasteiger partial charge is 0.0622 e. The second-order valence-electron chi connectivity index (χ2n) is 18.8. The van der Waals surface area contributed by atoms with Gasteiger partial charge in [0.1, 0.15) is 0 Å². The van der Waals surface area contributed by atoms with E-state index < -0.39 is 0 Å². The number of hydrogen-bond donors (Lipinski definition) is 0. The Morgan fingerprint density at radius 1 is 0.250 bits per heavy atom. The lowest BCUT2D eigenvalue weighted by molar-refractivity contribution is 0.569. The van der Waals surface area contributed by atoms with E-state index in [9.17, 15) is 0 Å². The molecule has 0 aliphatic rings. The zero-order chi connectivity index (χ0) is 37.6. The van der Waals surface area contributed by atoms with Crippen LogP contribution in [0.15, 0.2) is 133 Å².